The lowest BCUT2D eigenvalue weighted by atomic mass is 9.86. The van der Waals surface area contributed by atoms with Crippen molar-refractivity contribution in [1.29, 1.82) is 0 Å². The van der Waals surface area contributed by atoms with Crippen LogP contribution in [0.5, 0.6) is 5.75 Å². The molecule has 1 heterocycles. The van der Waals surface area contributed by atoms with Gasteiger partial charge in [-0.15, -0.1) is 0 Å². The van der Waals surface area contributed by atoms with Crippen LogP contribution < -0.4 is 4.89 Å². The van der Waals surface area contributed by atoms with Crippen LogP contribution >= 0.6 is 0 Å². The molecule has 0 aliphatic carbocycles. The number of fused-ring (bicyclic) bond motifs is 1. The maximum Gasteiger partial charge on any atom is 0.358 e. The summed E-state index contributed by atoms with van der Waals surface area (Å²) < 4.78 is 9.37. The first-order valence-corrected chi connectivity index (χ1v) is 7.84. The van der Waals surface area contributed by atoms with Crippen LogP contribution in [0.4, 0.5) is 0 Å². The lowest BCUT2D eigenvalue weighted by Crippen LogP contribution is -2.24. The third-order valence-electron chi connectivity index (χ3n) is 3.82. The summed E-state index contributed by atoms with van der Waals surface area (Å²) in [7, 11) is 2.53. The highest BCUT2D eigenvalue weighted by atomic mass is 17.2. The maximum atomic E-state index is 12.0. The molecule has 1 aromatic heterocycles. The van der Waals surface area contributed by atoms with Crippen molar-refractivity contribution in [2.45, 2.75) is 39.2 Å². The Hall–Kier alpha value is -2.54. The molecule has 0 amide bonds. The Kier molecular flexibility index (Phi) is 5.37. The Morgan fingerprint density at radius 3 is 2.36 bits per heavy atom. The highest BCUT2D eigenvalue weighted by Crippen LogP contribution is 2.34. The number of esters is 2. The molecule has 0 bridgehead atoms. The molecule has 1 N–H and O–H groups in total. The predicted octanol–water partition coefficient (Wildman–Crippen LogP) is 3.12. The van der Waals surface area contributed by atoms with E-state index in [1.54, 1.807) is 0 Å². The van der Waals surface area contributed by atoms with Gasteiger partial charge in [-0.3, -0.25) is 0 Å². The average molecular weight is 349 g/mol. The summed E-state index contributed by atoms with van der Waals surface area (Å²) in [5.41, 5.74) is 1.77. The van der Waals surface area contributed by atoms with E-state index in [2.05, 4.69) is 30.5 Å². The van der Waals surface area contributed by atoms with Crippen LogP contribution in [0.1, 0.15) is 43.7 Å². The quantitative estimate of drug-likeness (QED) is 0.507. The van der Waals surface area contributed by atoms with E-state index in [1.165, 1.54) is 21.1 Å². The first-order chi connectivity index (χ1) is 11.7. The molecule has 25 heavy (non-hydrogen) atoms. The molecule has 0 radical (unpaired) electrons. The number of aromatic amines is 1. The van der Waals surface area contributed by atoms with Crippen molar-refractivity contribution in [2.75, 3.05) is 14.2 Å². The number of methoxy groups -OCH3 is 2. The second kappa shape index (κ2) is 7.14. The summed E-state index contributed by atoms with van der Waals surface area (Å²) in [6.07, 6.45) is -0.953. The van der Waals surface area contributed by atoms with Crippen LogP contribution in [0.25, 0.3) is 10.9 Å². The number of carbonyl (C=O) groups is 2. The molecule has 136 valence electrons. The van der Waals surface area contributed by atoms with Gasteiger partial charge < -0.3 is 19.3 Å². The number of benzene rings is 1. The van der Waals surface area contributed by atoms with E-state index in [1.807, 2.05) is 18.2 Å². The van der Waals surface area contributed by atoms with Crippen molar-refractivity contribution in [3.63, 3.8) is 0 Å². The summed E-state index contributed by atoms with van der Waals surface area (Å²) >= 11 is 0. The van der Waals surface area contributed by atoms with Crippen LogP contribution in [0, 0.1) is 0 Å². The Morgan fingerprint density at radius 1 is 1.12 bits per heavy atom. The molecule has 0 saturated heterocycles. The van der Waals surface area contributed by atoms with Crippen LogP contribution in [-0.4, -0.2) is 37.2 Å². The Labute approximate surface area is 146 Å². The monoisotopic (exact) mass is 349 g/mol. The molecule has 0 aliphatic heterocycles. The van der Waals surface area contributed by atoms with E-state index in [-0.39, 0.29) is 16.9 Å². The molecule has 0 spiro atoms. The minimum atomic E-state index is -0.953. The molecular formula is C18H23NO6. The van der Waals surface area contributed by atoms with Gasteiger partial charge in [-0.2, -0.15) is 4.89 Å². The Balaban J connectivity index is 2.48. The highest BCUT2D eigenvalue weighted by molar-refractivity contribution is 6.01. The molecule has 0 fully saturated rings. The van der Waals surface area contributed by atoms with Crippen LogP contribution in [-0.2, 0) is 24.6 Å². The van der Waals surface area contributed by atoms with Gasteiger partial charge in [0.2, 0.25) is 5.75 Å². The van der Waals surface area contributed by atoms with Crippen molar-refractivity contribution in [1.82, 2.24) is 4.98 Å². The van der Waals surface area contributed by atoms with Gasteiger partial charge in [0.25, 0.3) is 0 Å². The summed E-state index contributed by atoms with van der Waals surface area (Å²) in [5, 5.41) is 0.657. The largest absolute Gasteiger partial charge is 0.467 e. The van der Waals surface area contributed by atoms with Gasteiger partial charge in [-0.25, -0.2) is 9.59 Å². The molecular weight excluding hydrogens is 326 g/mol. The molecule has 2 rings (SSSR count). The topological polar surface area (TPSA) is 86.9 Å². The van der Waals surface area contributed by atoms with Crippen LogP contribution in [0.15, 0.2) is 18.2 Å². The molecule has 7 nitrogen and oxygen atoms in total. The minimum Gasteiger partial charge on any atom is -0.467 e. The van der Waals surface area contributed by atoms with Crippen molar-refractivity contribution in [2.24, 2.45) is 0 Å². The number of rotatable bonds is 5. The van der Waals surface area contributed by atoms with Gasteiger partial charge in [0.15, 0.2) is 11.8 Å². The number of hydrogen-bond donors (Lipinski definition) is 1. The van der Waals surface area contributed by atoms with Crippen molar-refractivity contribution in [3.05, 3.63) is 29.5 Å². The molecule has 0 aliphatic rings. The Morgan fingerprint density at radius 2 is 1.80 bits per heavy atom. The second-order valence-electron chi connectivity index (χ2n) is 6.68. The summed E-state index contributed by atoms with van der Waals surface area (Å²) in [4.78, 5) is 36.9. The number of carbonyl (C=O) groups excluding carboxylic acids is 2. The van der Waals surface area contributed by atoms with E-state index in [9.17, 15) is 9.59 Å². The zero-order valence-electron chi connectivity index (χ0n) is 15.3. The number of aromatic nitrogens is 1. The normalized spacial score (nSPS) is 12.7. The third-order valence-corrected chi connectivity index (χ3v) is 3.82. The van der Waals surface area contributed by atoms with E-state index in [0.29, 0.717) is 10.9 Å². The first kappa shape index (κ1) is 18.8. The molecule has 1 atom stereocenters. The summed E-state index contributed by atoms with van der Waals surface area (Å²) in [6, 6.07) is 5.75. The van der Waals surface area contributed by atoms with Gasteiger partial charge in [0.05, 0.1) is 19.7 Å². The fourth-order valence-electron chi connectivity index (χ4n) is 2.29. The second-order valence-corrected chi connectivity index (χ2v) is 6.68. The summed E-state index contributed by atoms with van der Waals surface area (Å²) in [6.45, 7) is 7.73. The van der Waals surface area contributed by atoms with Gasteiger partial charge in [-0.05, 0) is 30.0 Å². The maximum absolute atomic E-state index is 12.0. The third kappa shape index (κ3) is 3.93. The highest BCUT2D eigenvalue weighted by Gasteiger charge is 2.25. The first-order valence-electron chi connectivity index (χ1n) is 7.84. The van der Waals surface area contributed by atoms with E-state index in [4.69, 9.17) is 14.5 Å². The van der Waals surface area contributed by atoms with E-state index < -0.39 is 18.0 Å². The van der Waals surface area contributed by atoms with Crippen LogP contribution in [0.3, 0.4) is 0 Å². The van der Waals surface area contributed by atoms with Gasteiger partial charge in [0, 0.05) is 5.39 Å². The molecule has 1 aromatic carbocycles. The number of nitrogens with one attached hydrogen (secondary N) is 1. The van der Waals surface area contributed by atoms with Gasteiger partial charge >= 0.3 is 11.9 Å². The smallest absolute Gasteiger partial charge is 0.358 e. The molecule has 1 unspecified atom stereocenters. The van der Waals surface area contributed by atoms with Crippen molar-refractivity contribution < 1.29 is 28.8 Å². The van der Waals surface area contributed by atoms with Gasteiger partial charge in [0.1, 0.15) is 0 Å². The van der Waals surface area contributed by atoms with Gasteiger partial charge in [-0.1, -0.05) is 26.8 Å². The van der Waals surface area contributed by atoms with E-state index >= 15 is 0 Å². The standard InChI is InChI=1S/C18H23NO6/c1-10(16(20)22-5)24-25-15-12-9-11(18(2,3)4)7-8-13(12)19-14(15)17(21)23-6/h7-10,19H,1-6H3. The molecule has 7 heteroatoms. The number of ether oxygens (including phenoxy) is 2. The van der Waals surface area contributed by atoms with Crippen molar-refractivity contribution in [3.8, 4) is 5.75 Å². The number of H-pyrrole nitrogens is 1. The lowest BCUT2D eigenvalue weighted by Gasteiger charge is -2.19. The zero-order chi connectivity index (χ0) is 18.8. The van der Waals surface area contributed by atoms with E-state index in [0.717, 1.165) is 5.56 Å². The minimum absolute atomic E-state index is 0.0890. The molecule has 0 saturated carbocycles. The average Bonchev–Trinajstić information content (AvgIpc) is 2.95. The lowest BCUT2D eigenvalue weighted by molar-refractivity contribution is -0.243. The Bertz CT molecular complexity index is 787. The fraction of sp³-hybridized carbons (Fsp3) is 0.444. The van der Waals surface area contributed by atoms with Crippen LogP contribution in [0.2, 0.25) is 0 Å². The fourth-order valence-corrected chi connectivity index (χ4v) is 2.29. The molecule has 2 aromatic rings. The zero-order valence-corrected chi connectivity index (χ0v) is 15.3. The summed E-state index contributed by atoms with van der Waals surface area (Å²) in [5.74, 6) is -1.02. The SMILES string of the molecule is COC(=O)c1[nH]c2ccc(C(C)(C)C)cc2c1OOC(C)C(=O)OC. The number of hydrogen-bond acceptors (Lipinski definition) is 6. The van der Waals surface area contributed by atoms with Crippen molar-refractivity contribution >= 4 is 22.8 Å². The predicted molar refractivity (Wildman–Crippen MR) is 91.5 cm³/mol.